The molecule has 0 fully saturated rings. The maximum atomic E-state index is 12.5. The number of benzene rings is 1. The monoisotopic (exact) mass is 379 g/mol. The van der Waals surface area contributed by atoms with Crippen molar-refractivity contribution in [3.8, 4) is 0 Å². The second-order valence-electron chi connectivity index (χ2n) is 6.05. The van der Waals surface area contributed by atoms with Gasteiger partial charge in [-0.1, -0.05) is 31.1 Å². The van der Waals surface area contributed by atoms with E-state index < -0.39 is 10.0 Å². The molecule has 2 rings (SSSR count). The highest BCUT2D eigenvalue weighted by atomic mass is 32.2. The first kappa shape index (κ1) is 20.1. The summed E-state index contributed by atoms with van der Waals surface area (Å²) in [5.41, 5.74) is 1.77. The molecule has 0 radical (unpaired) electrons. The number of rotatable bonds is 7. The molecular formula is C18H25N3O4S. The van der Waals surface area contributed by atoms with Crippen LogP contribution in [0.3, 0.4) is 0 Å². The van der Waals surface area contributed by atoms with E-state index in [-0.39, 0.29) is 16.8 Å². The van der Waals surface area contributed by atoms with Gasteiger partial charge >= 0.3 is 0 Å². The summed E-state index contributed by atoms with van der Waals surface area (Å²) in [5, 5.41) is 6.67. The predicted molar refractivity (Wildman–Crippen MR) is 98.4 cm³/mol. The second-order valence-corrected chi connectivity index (χ2v) is 7.99. The summed E-state index contributed by atoms with van der Waals surface area (Å²) in [4.78, 5) is 12.7. The first-order valence-corrected chi connectivity index (χ1v) is 10.00. The van der Waals surface area contributed by atoms with Gasteiger partial charge in [0.2, 0.25) is 10.0 Å². The number of hydrogen-bond donors (Lipinski definition) is 1. The Kier molecular flexibility index (Phi) is 6.20. The third-order valence-electron chi connectivity index (χ3n) is 4.33. The molecule has 1 amide bonds. The molecule has 1 aromatic carbocycles. The van der Waals surface area contributed by atoms with E-state index >= 15 is 0 Å². The molecule has 2 aromatic rings. The molecule has 7 nitrogen and oxygen atoms in total. The van der Waals surface area contributed by atoms with Crippen molar-refractivity contribution < 1.29 is 17.7 Å². The van der Waals surface area contributed by atoms with E-state index in [4.69, 9.17) is 4.52 Å². The highest BCUT2D eigenvalue weighted by molar-refractivity contribution is 7.89. The number of nitrogens with zero attached hydrogens (tertiary/aromatic N) is 2. The number of aryl methyl sites for hydroxylation is 2. The third-order valence-corrected chi connectivity index (χ3v) is 6.40. The zero-order valence-corrected chi connectivity index (χ0v) is 16.6. The van der Waals surface area contributed by atoms with Crippen LogP contribution in [0.15, 0.2) is 33.7 Å². The van der Waals surface area contributed by atoms with Gasteiger partial charge in [0, 0.05) is 13.1 Å². The molecule has 1 heterocycles. The van der Waals surface area contributed by atoms with Crippen LogP contribution in [0.25, 0.3) is 0 Å². The van der Waals surface area contributed by atoms with Crippen LogP contribution >= 0.6 is 0 Å². The van der Waals surface area contributed by atoms with Gasteiger partial charge in [-0.25, -0.2) is 8.42 Å². The molecule has 0 aliphatic rings. The van der Waals surface area contributed by atoms with E-state index in [0.29, 0.717) is 30.1 Å². The molecule has 0 aliphatic heterocycles. The van der Waals surface area contributed by atoms with Gasteiger partial charge in [-0.2, -0.15) is 4.31 Å². The number of carbonyl (C=O) groups excluding carboxylic acids is 1. The quantitative estimate of drug-likeness (QED) is 0.798. The summed E-state index contributed by atoms with van der Waals surface area (Å²) in [5.74, 6) is 0.196. The Bertz CT molecular complexity index is 849. The van der Waals surface area contributed by atoms with Gasteiger partial charge in [0.25, 0.3) is 5.91 Å². The molecule has 26 heavy (non-hydrogen) atoms. The number of sulfonamides is 1. The average Bonchev–Trinajstić information content (AvgIpc) is 2.94. The van der Waals surface area contributed by atoms with E-state index in [1.807, 2.05) is 20.8 Å². The first-order chi connectivity index (χ1) is 12.2. The Balaban J connectivity index is 2.16. The number of nitrogens with one attached hydrogen (secondary N) is 1. The largest absolute Gasteiger partial charge is 0.361 e. The molecule has 1 aromatic heterocycles. The Hall–Kier alpha value is -2.19. The van der Waals surface area contributed by atoms with Crippen molar-refractivity contribution in [3.05, 3.63) is 46.8 Å². The fourth-order valence-electron chi connectivity index (χ4n) is 2.80. The van der Waals surface area contributed by atoms with Gasteiger partial charge in [-0.05, 0) is 38.5 Å². The summed E-state index contributed by atoms with van der Waals surface area (Å²) in [6, 6.07) is 6.29. The highest BCUT2D eigenvalue weighted by Gasteiger charge is 2.23. The van der Waals surface area contributed by atoms with E-state index in [2.05, 4.69) is 10.5 Å². The lowest BCUT2D eigenvalue weighted by Gasteiger charge is -2.19. The van der Waals surface area contributed by atoms with Crippen molar-refractivity contribution in [2.45, 2.75) is 45.6 Å². The summed E-state index contributed by atoms with van der Waals surface area (Å²) in [6.45, 7) is 9.69. The van der Waals surface area contributed by atoms with Gasteiger partial charge in [0.15, 0.2) is 0 Å². The highest BCUT2D eigenvalue weighted by Crippen LogP contribution is 2.20. The zero-order valence-electron chi connectivity index (χ0n) is 15.7. The van der Waals surface area contributed by atoms with Gasteiger partial charge in [-0.15, -0.1) is 0 Å². The van der Waals surface area contributed by atoms with E-state index in [1.165, 1.54) is 4.31 Å². The normalized spacial score (nSPS) is 13.0. The Morgan fingerprint density at radius 1 is 1.19 bits per heavy atom. The van der Waals surface area contributed by atoms with Crippen LogP contribution in [0.5, 0.6) is 0 Å². The van der Waals surface area contributed by atoms with Crippen molar-refractivity contribution in [2.75, 3.05) is 13.1 Å². The molecule has 1 unspecified atom stereocenters. The molecule has 0 aliphatic carbocycles. The minimum atomic E-state index is -3.49. The maximum Gasteiger partial charge on any atom is 0.257 e. The fraction of sp³-hybridized carbons (Fsp3) is 0.444. The van der Waals surface area contributed by atoms with Gasteiger partial charge in [-0.3, -0.25) is 4.79 Å². The summed E-state index contributed by atoms with van der Waals surface area (Å²) in [7, 11) is -3.49. The minimum absolute atomic E-state index is 0.245. The van der Waals surface area contributed by atoms with Crippen LogP contribution in [-0.4, -0.2) is 36.9 Å². The van der Waals surface area contributed by atoms with E-state index in [1.54, 1.807) is 38.1 Å². The molecule has 1 N–H and O–H groups in total. The van der Waals surface area contributed by atoms with Crippen LogP contribution < -0.4 is 5.32 Å². The molecule has 0 bridgehead atoms. The lowest BCUT2D eigenvalue weighted by molar-refractivity contribution is 0.0938. The van der Waals surface area contributed by atoms with Gasteiger partial charge in [0.1, 0.15) is 11.3 Å². The van der Waals surface area contributed by atoms with Crippen molar-refractivity contribution in [2.24, 2.45) is 0 Å². The van der Waals surface area contributed by atoms with Crippen molar-refractivity contribution >= 4 is 15.9 Å². The third kappa shape index (κ3) is 3.96. The summed E-state index contributed by atoms with van der Waals surface area (Å²) >= 11 is 0. The van der Waals surface area contributed by atoms with E-state index in [9.17, 15) is 13.2 Å². The van der Waals surface area contributed by atoms with Crippen LogP contribution in [0.4, 0.5) is 0 Å². The summed E-state index contributed by atoms with van der Waals surface area (Å²) in [6.07, 6.45) is 0. The predicted octanol–water partition coefficient (Wildman–Crippen LogP) is 2.81. The maximum absolute atomic E-state index is 12.5. The number of aromatic nitrogens is 1. The molecular weight excluding hydrogens is 354 g/mol. The van der Waals surface area contributed by atoms with Crippen LogP contribution in [-0.2, 0) is 10.0 Å². The van der Waals surface area contributed by atoms with Crippen LogP contribution in [0.2, 0.25) is 0 Å². The van der Waals surface area contributed by atoms with Crippen LogP contribution in [0.1, 0.15) is 54.2 Å². The zero-order chi connectivity index (χ0) is 19.5. The lowest BCUT2D eigenvalue weighted by atomic mass is 10.1. The number of hydrogen-bond acceptors (Lipinski definition) is 5. The molecule has 1 atom stereocenters. The molecule has 8 heteroatoms. The van der Waals surface area contributed by atoms with Gasteiger partial charge < -0.3 is 9.84 Å². The standard InChI is InChI=1S/C18H25N3O4S/c1-6-21(7-2)26(23,24)16-10-8-15(9-11-16)12(3)19-18(22)17-13(4)20-25-14(17)5/h8-12H,6-7H2,1-5H3,(H,19,22). The summed E-state index contributed by atoms with van der Waals surface area (Å²) < 4.78 is 31.5. The topological polar surface area (TPSA) is 92.5 Å². The van der Waals surface area contributed by atoms with Crippen LogP contribution in [0, 0.1) is 13.8 Å². The molecule has 0 spiro atoms. The van der Waals surface area contributed by atoms with E-state index in [0.717, 1.165) is 5.56 Å². The second kappa shape index (κ2) is 8.01. The molecule has 0 saturated heterocycles. The molecule has 0 saturated carbocycles. The SMILES string of the molecule is CCN(CC)S(=O)(=O)c1ccc(C(C)NC(=O)c2c(C)noc2C)cc1. The van der Waals surface area contributed by atoms with Gasteiger partial charge in [0.05, 0.1) is 16.6 Å². The molecule has 142 valence electrons. The minimum Gasteiger partial charge on any atom is -0.361 e. The van der Waals surface area contributed by atoms with Crippen molar-refractivity contribution in [1.29, 1.82) is 0 Å². The Morgan fingerprint density at radius 2 is 1.77 bits per heavy atom. The van der Waals surface area contributed by atoms with Crippen molar-refractivity contribution in [1.82, 2.24) is 14.8 Å². The first-order valence-electron chi connectivity index (χ1n) is 8.56. The Morgan fingerprint density at radius 3 is 2.23 bits per heavy atom. The number of amides is 1. The Labute approximate surface area is 154 Å². The number of carbonyl (C=O) groups is 1. The fourth-order valence-corrected chi connectivity index (χ4v) is 4.26. The lowest BCUT2D eigenvalue weighted by Crippen LogP contribution is -2.30. The average molecular weight is 379 g/mol. The smallest absolute Gasteiger partial charge is 0.257 e. The van der Waals surface area contributed by atoms with Crippen molar-refractivity contribution in [3.63, 3.8) is 0 Å².